The van der Waals surface area contributed by atoms with E-state index in [2.05, 4.69) is 10.6 Å². The molecule has 0 atom stereocenters. The SMILES string of the molecule is CC(=O)NCC(=O)CNCCC(=O)O. The molecule has 6 nitrogen and oxygen atoms in total. The predicted octanol–water partition coefficient (Wildman–Crippen LogP) is -1.24. The Morgan fingerprint density at radius 3 is 2.36 bits per heavy atom. The summed E-state index contributed by atoms with van der Waals surface area (Å²) in [6.45, 7) is 1.63. The molecule has 0 aliphatic carbocycles. The van der Waals surface area contributed by atoms with E-state index in [1.165, 1.54) is 6.92 Å². The zero-order chi connectivity index (χ0) is 11.0. The highest BCUT2D eigenvalue weighted by Crippen LogP contribution is 1.75. The van der Waals surface area contributed by atoms with Gasteiger partial charge in [-0.15, -0.1) is 0 Å². The molecule has 0 aromatic rings. The molecule has 0 bridgehead atoms. The lowest BCUT2D eigenvalue weighted by atomic mass is 10.3. The molecule has 1 amide bonds. The van der Waals surface area contributed by atoms with Crippen molar-refractivity contribution in [2.45, 2.75) is 13.3 Å². The van der Waals surface area contributed by atoms with E-state index in [0.29, 0.717) is 0 Å². The van der Waals surface area contributed by atoms with Gasteiger partial charge in [0.05, 0.1) is 19.5 Å². The maximum atomic E-state index is 11.0. The molecule has 0 unspecified atom stereocenters. The molecule has 0 fully saturated rings. The van der Waals surface area contributed by atoms with Gasteiger partial charge in [-0.05, 0) is 0 Å². The van der Waals surface area contributed by atoms with Crippen molar-refractivity contribution in [2.75, 3.05) is 19.6 Å². The van der Waals surface area contributed by atoms with E-state index in [1.807, 2.05) is 0 Å². The van der Waals surface area contributed by atoms with Gasteiger partial charge in [0.25, 0.3) is 0 Å². The first-order valence-electron chi connectivity index (χ1n) is 4.21. The molecule has 0 radical (unpaired) electrons. The number of Topliss-reactive ketones (excluding diaryl/α,β-unsaturated/α-hetero) is 1. The highest BCUT2D eigenvalue weighted by Gasteiger charge is 2.02. The van der Waals surface area contributed by atoms with E-state index in [9.17, 15) is 14.4 Å². The Morgan fingerprint density at radius 1 is 1.21 bits per heavy atom. The summed E-state index contributed by atoms with van der Waals surface area (Å²) in [5, 5.41) is 13.3. The van der Waals surface area contributed by atoms with Crippen LogP contribution in [0.3, 0.4) is 0 Å². The van der Waals surface area contributed by atoms with E-state index < -0.39 is 5.97 Å². The minimum Gasteiger partial charge on any atom is -0.481 e. The van der Waals surface area contributed by atoms with Crippen LogP contribution in [-0.2, 0) is 14.4 Å². The summed E-state index contributed by atoms with van der Waals surface area (Å²) in [4.78, 5) is 31.5. The normalized spacial score (nSPS) is 9.50. The van der Waals surface area contributed by atoms with Crippen LogP contribution in [0.1, 0.15) is 13.3 Å². The summed E-state index contributed by atoms with van der Waals surface area (Å²) in [5.74, 6) is -1.35. The topological polar surface area (TPSA) is 95.5 Å². The number of ketones is 1. The van der Waals surface area contributed by atoms with Crippen LogP contribution in [-0.4, -0.2) is 42.4 Å². The Bertz CT molecular complexity index is 227. The number of aliphatic carboxylic acids is 1. The van der Waals surface area contributed by atoms with Gasteiger partial charge >= 0.3 is 5.97 Å². The average Bonchev–Trinajstić information content (AvgIpc) is 2.08. The van der Waals surface area contributed by atoms with Crippen molar-refractivity contribution in [3.05, 3.63) is 0 Å². The summed E-state index contributed by atoms with van der Waals surface area (Å²) < 4.78 is 0. The second kappa shape index (κ2) is 7.02. The Kier molecular flexibility index (Phi) is 6.30. The van der Waals surface area contributed by atoms with Gasteiger partial charge in [0, 0.05) is 13.5 Å². The Morgan fingerprint density at radius 2 is 1.86 bits per heavy atom. The van der Waals surface area contributed by atoms with E-state index >= 15 is 0 Å². The van der Waals surface area contributed by atoms with E-state index in [4.69, 9.17) is 5.11 Å². The third-order valence-corrected chi connectivity index (χ3v) is 1.37. The van der Waals surface area contributed by atoms with Gasteiger partial charge in [0.15, 0.2) is 5.78 Å². The third kappa shape index (κ3) is 8.66. The molecule has 0 saturated carbocycles. The maximum Gasteiger partial charge on any atom is 0.304 e. The van der Waals surface area contributed by atoms with Crippen LogP contribution < -0.4 is 10.6 Å². The van der Waals surface area contributed by atoms with Gasteiger partial charge in [-0.1, -0.05) is 0 Å². The number of hydrogen-bond donors (Lipinski definition) is 3. The first-order chi connectivity index (χ1) is 6.52. The van der Waals surface area contributed by atoms with Crippen LogP contribution in [0.15, 0.2) is 0 Å². The molecule has 0 heterocycles. The van der Waals surface area contributed by atoms with Crippen molar-refractivity contribution >= 4 is 17.7 Å². The lowest BCUT2D eigenvalue weighted by Gasteiger charge is -2.02. The van der Waals surface area contributed by atoms with E-state index in [-0.39, 0.29) is 37.7 Å². The molecular formula is C8H14N2O4. The van der Waals surface area contributed by atoms with E-state index in [0.717, 1.165) is 0 Å². The van der Waals surface area contributed by atoms with Crippen LogP contribution in [0, 0.1) is 0 Å². The molecular weight excluding hydrogens is 188 g/mol. The molecule has 0 spiro atoms. The molecule has 80 valence electrons. The Hall–Kier alpha value is -1.43. The molecule has 0 aliphatic rings. The smallest absolute Gasteiger partial charge is 0.304 e. The van der Waals surface area contributed by atoms with Gasteiger partial charge in [0.1, 0.15) is 0 Å². The first-order valence-corrected chi connectivity index (χ1v) is 4.21. The molecule has 6 heteroatoms. The minimum absolute atomic E-state index is 0.0184. The summed E-state index contributed by atoms with van der Waals surface area (Å²) in [6.07, 6.45) is -0.0204. The summed E-state index contributed by atoms with van der Waals surface area (Å²) in [7, 11) is 0. The zero-order valence-corrected chi connectivity index (χ0v) is 8.00. The molecule has 0 aromatic heterocycles. The fourth-order valence-electron chi connectivity index (χ4n) is 0.709. The Balaban J connectivity index is 3.36. The summed E-state index contributed by atoms with van der Waals surface area (Å²) in [5.41, 5.74) is 0. The van der Waals surface area contributed by atoms with Gasteiger partial charge in [-0.3, -0.25) is 14.4 Å². The monoisotopic (exact) mass is 202 g/mol. The van der Waals surface area contributed by atoms with Gasteiger partial charge in [0.2, 0.25) is 5.91 Å². The lowest BCUT2D eigenvalue weighted by molar-refractivity contribution is -0.137. The molecule has 14 heavy (non-hydrogen) atoms. The number of nitrogens with one attached hydrogen (secondary N) is 2. The van der Waals surface area contributed by atoms with Gasteiger partial charge in [-0.2, -0.15) is 0 Å². The van der Waals surface area contributed by atoms with E-state index in [1.54, 1.807) is 0 Å². The fraction of sp³-hybridized carbons (Fsp3) is 0.625. The lowest BCUT2D eigenvalue weighted by Crippen LogP contribution is -2.34. The first kappa shape index (κ1) is 12.6. The molecule has 0 rings (SSSR count). The number of carbonyl (C=O) groups is 3. The van der Waals surface area contributed by atoms with Crippen molar-refractivity contribution in [2.24, 2.45) is 0 Å². The van der Waals surface area contributed by atoms with Crippen molar-refractivity contribution in [3.8, 4) is 0 Å². The summed E-state index contributed by atoms with van der Waals surface area (Å²) >= 11 is 0. The largest absolute Gasteiger partial charge is 0.481 e. The molecule has 3 N–H and O–H groups in total. The number of rotatable bonds is 7. The standard InChI is InChI=1S/C8H14N2O4/c1-6(11)10-5-7(12)4-9-3-2-8(13)14/h9H,2-5H2,1H3,(H,10,11)(H,13,14). The van der Waals surface area contributed by atoms with Crippen molar-refractivity contribution in [3.63, 3.8) is 0 Å². The number of carboxylic acid groups (broad SMARTS) is 1. The van der Waals surface area contributed by atoms with Crippen LogP contribution >= 0.6 is 0 Å². The zero-order valence-electron chi connectivity index (χ0n) is 8.00. The van der Waals surface area contributed by atoms with Crippen LogP contribution in [0.5, 0.6) is 0 Å². The van der Waals surface area contributed by atoms with Gasteiger partial charge in [-0.25, -0.2) is 0 Å². The number of hydrogen-bond acceptors (Lipinski definition) is 4. The highest BCUT2D eigenvalue weighted by molar-refractivity contribution is 5.86. The summed E-state index contributed by atoms with van der Waals surface area (Å²) in [6, 6.07) is 0. The minimum atomic E-state index is -0.910. The molecule has 0 aliphatic heterocycles. The number of amides is 1. The van der Waals surface area contributed by atoms with Crippen molar-refractivity contribution in [1.29, 1.82) is 0 Å². The predicted molar refractivity (Wildman–Crippen MR) is 48.8 cm³/mol. The molecule has 0 saturated heterocycles. The third-order valence-electron chi connectivity index (χ3n) is 1.37. The van der Waals surface area contributed by atoms with Crippen LogP contribution in [0.2, 0.25) is 0 Å². The quantitative estimate of drug-likeness (QED) is 0.449. The Labute approximate surface area is 81.7 Å². The fourth-order valence-corrected chi connectivity index (χ4v) is 0.709. The maximum absolute atomic E-state index is 11.0. The van der Waals surface area contributed by atoms with Crippen molar-refractivity contribution < 1.29 is 19.5 Å². The molecule has 0 aromatic carbocycles. The van der Waals surface area contributed by atoms with Crippen molar-refractivity contribution in [1.82, 2.24) is 10.6 Å². The number of carboxylic acids is 1. The number of carbonyl (C=O) groups excluding carboxylic acids is 2. The van der Waals surface area contributed by atoms with Gasteiger partial charge < -0.3 is 15.7 Å². The van der Waals surface area contributed by atoms with Crippen LogP contribution in [0.25, 0.3) is 0 Å². The second-order valence-electron chi connectivity index (χ2n) is 2.77. The average molecular weight is 202 g/mol. The second-order valence-corrected chi connectivity index (χ2v) is 2.77. The van der Waals surface area contributed by atoms with Crippen LogP contribution in [0.4, 0.5) is 0 Å². The highest BCUT2D eigenvalue weighted by atomic mass is 16.4.